The molecule has 1 aliphatic heterocycles. The maximum absolute atomic E-state index is 12.1. The van der Waals surface area contributed by atoms with Crippen LogP contribution >= 0.6 is 11.3 Å². The summed E-state index contributed by atoms with van der Waals surface area (Å²) in [4.78, 5) is 16.6. The number of hydrogen-bond donors (Lipinski definition) is 1. The highest BCUT2D eigenvalue weighted by Gasteiger charge is 2.23. The first-order chi connectivity index (χ1) is 11.6. The monoisotopic (exact) mass is 346 g/mol. The van der Waals surface area contributed by atoms with E-state index in [2.05, 4.69) is 48.4 Å². The summed E-state index contributed by atoms with van der Waals surface area (Å²) in [6, 6.07) is 8.44. The number of thiazole rings is 1. The third-order valence-corrected chi connectivity index (χ3v) is 4.49. The van der Waals surface area contributed by atoms with Crippen molar-refractivity contribution < 1.29 is 14.3 Å². The summed E-state index contributed by atoms with van der Waals surface area (Å²) in [6.07, 6.45) is 0.517. The van der Waals surface area contributed by atoms with Crippen molar-refractivity contribution in [3.63, 3.8) is 0 Å². The van der Waals surface area contributed by atoms with Gasteiger partial charge in [-0.3, -0.25) is 10.1 Å². The van der Waals surface area contributed by atoms with E-state index in [1.165, 1.54) is 16.9 Å². The van der Waals surface area contributed by atoms with Crippen molar-refractivity contribution in [2.24, 2.45) is 5.92 Å². The van der Waals surface area contributed by atoms with E-state index in [0.717, 1.165) is 17.7 Å². The number of ether oxygens (including phenoxy) is 2. The van der Waals surface area contributed by atoms with Crippen LogP contribution in [0.5, 0.6) is 0 Å². The van der Waals surface area contributed by atoms with Crippen molar-refractivity contribution in [3.05, 3.63) is 35.2 Å². The molecular weight excluding hydrogens is 324 g/mol. The van der Waals surface area contributed by atoms with E-state index in [1.54, 1.807) is 0 Å². The highest BCUT2D eigenvalue weighted by Crippen LogP contribution is 2.26. The number of carbonyl (C=O) groups is 1. The Morgan fingerprint density at radius 3 is 2.79 bits per heavy atom. The molecule has 1 fully saturated rings. The van der Waals surface area contributed by atoms with E-state index in [1.807, 2.05) is 5.38 Å². The number of amides is 1. The highest BCUT2D eigenvalue weighted by atomic mass is 32.1. The summed E-state index contributed by atoms with van der Waals surface area (Å²) in [7, 11) is 0. The third-order valence-electron chi connectivity index (χ3n) is 3.74. The van der Waals surface area contributed by atoms with Crippen molar-refractivity contribution in [1.29, 1.82) is 0 Å². The van der Waals surface area contributed by atoms with Crippen LogP contribution in [-0.2, 0) is 20.7 Å². The second-order valence-corrected chi connectivity index (χ2v) is 7.11. The average molecular weight is 346 g/mol. The predicted molar refractivity (Wildman–Crippen MR) is 95.3 cm³/mol. The van der Waals surface area contributed by atoms with Gasteiger partial charge in [0.15, 0.2) is 11.2 Å². The molecule has 5 nitrogen and oxygen atoms in total. The van der Waals surface area contributed by atoms with Gasteiger partial charge in [-0.2, -0.15) is 0 Å². The first kappa shape index (κ1) is 17.1. The summed E-state index contributed by atoms with van der Waals surface area (Å²) in [5.41, 5.74) is 3.25. The van der Waals surface area contributed by atoms with Crippen molar-refractivity contribution >= 4 is 22.4 Å². The van der Waals surface area contributed by atoms with E-state index in [9.17, 15) is 4.79 Å². The third kappa shape index (κ3) is 4.41. The van der Waals surface area contributed by atoms with Gasteiger partial charge in [-0.1, -0.05) is 38.1 Å². The fraction of sp³-hybridized carbons (Fsp3) is 0.444. The van der Waals surface area contributed by atoms with E-state index in [4.69, 9.17) is 9.47 Å². The Labute approximate surface area is 146 Å². The summed E-state index contributed by atoms with van der Waals surface area (Å²) in [5, 5.41) is 5.33. The molecule has 6 heteroatoms. The molecule has 1 amide bonds. The predicted octanol–water partition coefficient (Wildman–Crippen LogP) is 3.36. The van der Waals surface area contributed by atoms with Gasteiger partial charge in [0, 0.05) is 10.9 Å². The lowest BCUT2D eigenvalue weighted by atomic mass is 10.0. The molecule has 2 heterocycles. The van der Waals surface area contributed by atoms with E-state index in [-0.39, 0.29) is 5.91 Å². The molecule has 0 bridgehead atoms. The standard InChI is InChI=1S/C18H22N2O3S/c1-12(2)9-13-3-5-14(6-4-13)15-11-24-18(19-15)20-17(21)16-10-22-7-8-23-16/h3-6,11-12,16H,7-10H2,1-2H3,(H,19,20,21)/t16-/m1/s1. The first-order valence-corrected chi connectivity index (χ1v) is 9.05. The topological polar surface area (TPSA) is 60.5 Å². The molecule has 0 radical (unpaired) electrons. The van der Waals surface area contributed by atoms with Crippen LogP contribution in [0.3, 0.4) is 0 Å². The zero-order valence-electron chi connectivity index (χ0n) is 14.0. The highest BCUT2D eigenvalue weighted by molar-refractivity contribution is 7.14. The van der Waals surface area contributed by atoms with Crippen LogP contribution in [0.15, 0.2) is 29.6 Å². The Morgan fingerprint density at radius 1 is 1.33 bits per heavy atom. The van der Waals surface area contributed by atoms with Gasteiger partial charge in [0.2, 0.25) is 0 Å². The zero-order chi connectivity index (χ0) is 16.9. The molecule has 2 aromatic rings. The molecule has 1 atom stereocenters. The molecule has 0 spiro atoms. The molecule has 1 aromatic heterocycles. The number of carbonyl (C=O) groups excluding carboxylic acids is 1. The number of hydrogen-bond acceptors (Lipinski definition) is 5. The number of aromatic nitrogens is 1. The summed E-state index contributed by atoms with van der Waals surface area (Å²) in [5.74, 6) is 0.436. The second-order valence-electron chi connectivity index (χ2n) is 6.26. The molecule has 1 aromatic carbocycles. The fourth-order valence-corrected chi connectivity index (χ4v) is 3.29. The van der Waals surface area contributed by atoms with E-state index < -0.39 is 6.10 Å². The van der Waals surface area contributed by atoms with Crippen LogP contribution in [-0.4, -0.2) is 36.8 Å². The molecular formula is C18H22N2O3S. The molecule has 1 aliphatic rings. The van der Waals surface area contributed by atoms with Gasteiger partial charge in [-0.25, -0.2) is 4.98 Å². The molecule has 1 saturated heterocycles. The van der Waals surface area contributed by atoms with E-state index in [0.29, 0.717) is 30.9 Å². The average Bonchev–Trinajstić information content (AvgIpc) is 3.04. The van der Waals surface area contributed by atoms with Gasteiger partial charge in [0.1, 0.15) is 0 Å². The quantitative estimate of drug-likeness (QED) is 0.902. The van der Waals surface area contributed by atoms with Gasteiger partial charge in [-0.15, -0.1) is 11.3 Å². The van der Waals surface area contributed by atoms with Crippen molar-refractivity contribution in [2.45, 2.75) is 26.4 Å². The van der Waals surface area contributed by atoms with Gasteiger partial charge in [0.05, 0.1) is 25.5 Å². The Balaban J connectivity index is 1.63. The minimum atomic E-state index is -0.554. The van der Waals surface area contributed by atoms with Gasteiger partial charge in [-0.05, 0) is 17.9 Å². The lowest BCUT2D eigenvalue weighted by Crippen LogP contribution is -2.39. The van der Waals surface area contributed by atoms with Crippen molar-refractivity contribution in [3.8, 4) is 11.3 Å². The maximum Gasteiger partial charge on any atom is 0.257 e. The summed E-state index contributed by atoms with van der Waals surface area (Å²) in [6.45, 7) is 5.71. The lowest BCUT2D eigenvalue weighted by Gasteiger charge is -2.21. The Morgan fingerprint density at radius 2 is 2.12 bits per heavy atom. The molecule has 3 rings (SSSR count). The summed E-state index contributed by atoms with van der Waals surface area (Å²) < 4.78 is 10.6. The molecule has 0 aliphatic carbocycles. The molecule has 0 saturated carbocycles. The van der Waals surface area contributed by atoms with Gasteiger partial charge < -0.3 is 9.47 Å². The Bertz CT molecular complexity index is 676. The van der Waals surface area contributed by atoms with Crippen LogP contribution in [0, 0.1) is 5.92 Å². The Hall–Kier alpha value is -1.76. The smallest absolute Gasteiger partial charge is 0.257 e. The number of rotatable bonds is 5. The number of nitrogens with one attached hydrogen (secondary N) is 1. The number of benzene rings is 1. The summed E-state index contributed by atoms with van der Waals surface area (Å²) >= 11 is 1.41. The number of nitrogens with zero attached hydrogens (tertiary/aromatic N) is 1. The van der Waals surface area contributed by atoms with Crippen LogP contribution < -0.4 is 5.32 Å². The second kappa shape index (κ2) is 7.88. The lowest BCUT2D eigenvalue weighted by molar-refractivity contribution is -0.142. The number of anilines is 1. The van der Waals surface area contributed by atoms with Crippen molar-refractivity contribution in [1.82, 2.24) is 4.98 Å². The Kier molecular flexibility index (Phi) is 5.60. The minimum absolute atomic E-state index is 0.206. The fourth-order valence-electron chi connectivity index (χ4n) is 2.57. The van der Waals surface area contributed by atoms with Crippen LogP contribution in [0.25, 0.3) is 11.3 Å². The SMILES string of the molecule is CC(C)Cc1ccc(-c2csc(NC(=O)[C@H]3COCCO3)n2)cc1. The minimum Gasteiger partial charge on any atom is -0.376 e. The normalized spacial score (nSPS) is 17.9. The molecule has 24 heavy (non-hydrogen) atoms. The van der Waals surface area contributed by atoms with Crippen LogP contribution in [0.4, 0.5) is 5.13 Å². The first-order valence-electron chi connectivity index (χ1n) is 8.17. The molecule has 0 unspecified atom stereocenters. The van der Waals surface area contributed by atoms with E-state index >= 15 is 0 Å². The van der Waals surface area contributed by atoms with Crippen LogP contribution in [0.1, 0.15) is 19.4 Å². The van der Waals surface area contributed by atoms with Crippen LogP contribution in [0.2, 0.25) is 0 Å². The van der Waals surface area contributed by atoms with Crippen molar-refractivity contribution in [2.75, 3.05) is 25.1 Å². The van der Waals surface area contributed by atoms with Gasteiger partial charge >= 0.3 is 0 Å². The van der Waals surface area contributed by atoms with Gasteiger partial charge in [0.25, 0.3) is 5.91 Å². The largest absolute Gasteiger partial charge is 0.376 e. The maximum atomic E-state index is 12.1. The molecule has 1 N–H and O–H groups in total. The molecule has 128 valence electrons. The zero-order valence-corrected chi connectivity index (χ0v) is 14.8.